The van der Waals surface area contributed by atoms with Gasteiger partial charge >= 0.3 is 0 Å². The molecule has 110 valence electrons. The minimum atomic E-state index is -0.207. The van der Waals surface area contributed by atoms with E-state index < -0.39 is 0 Å². The van der Waals surface area contributed by atoms with Gasteiger partial charge in [0.25, 0.3) is 5.91 Å². The summed E-state index contributed by atoms with van der Waals surface area (Å²) in [7, 11) is 1.69. The molecule has 0 aliphatic heterocycles. The second-order valence-corrected chi connectivity index (χ2v) is 5.14. The van der Waals surface area contributed by atoms with Crippen LogP contribution in [0, 0.1) is 0 Å². The lowest BCUT2D eigenvalue weighted by Crippen LogP contribution is -2.49. The monoisotopic (exact) mass is 278 g/mol. The Kier molecular flexibility index (Phi) is 4.89. The molecule has 1 aromatic rings. The molecule has 0 aromatic carbocycles. The van der Waals surface area contributed by atoms with Gasteiger partial charge in [-0.15, -0.1) is 0 Å². The standard InChI is InChI=1S/C14H22N4O2/c1-3-7-16-12-9-15-8-11(18-12)13(19)17-10-14(20-2)5-4-6-14/h8-9H,3-7,10H2,1-2H3,(H,16,18)(H,17,19). The number of amides is 1. The first kappa shape index (κ1) is 14.7. The highest BCUT2D eigenvalue weighted by Crippen LogP contribution is 2.34. The largest absolute Gasteiger partial charge is 0.376 e. The summed E-state index contributed by atoms with van der Waals surface area (Å²) >= 11 is 0. The average Bonchev–Trinajstić information content (AvgIpc) is 2.44. The Hall–Kier alpha value is -1.69. The van der Waals surface area contributed by atoms with Gasteiger partial charge in [-0.05, 0) is 25.7 Å². The summed E-state index contributed by atoms with van der Waals surface area (Å²) in [6, 6.07) is 0. The number of ether oxygens (including phenoxy) is 1. The van der Waals surface area contributed by atoms with Gasteiger partial charge in [-0.3, -0.25) is 9.78 Å². The minimum Gasteiger partial charge on any atom is -0.376 e. The van der Waals surface area contributed by atoms with Gasteiger partial charge in [-0.25, -0.2) is 4.98 Å². The molecule has 0 atom stereocenters. The Morgan fingerprint density at radius 3 is 2.85 bits per heavy atom. The number of nitrogens with zero attached hydrogens (tertiary/aromatic N) is 2. The zero-order chi connectivity index (χ0) is 14.4. The van der Waals surface area contributed by atoms with Crippen LogP contribution in [0.25, 0.3) is 0 Å². The molecule has 1 aliphatic rings. The highest BCUT2D eigenvalue weighted by atomic mass is 16.5. The molecule has 1 saturated carbocycles. The van der Waals surface area contributed by atoms with Gasteiger partial charge in [0.1, 0.15) is 11.5 Å². The van der Waals surface area contributed by atoms with Crippen molar-refractivity contribution in [3.63, 3.8) is 0 Å². The van der Waals surface area contributed by atoms with Gasteiger partial charge in [0.2, 0.25) is 0 Å². The van der Waals surface area contributed by atoms with Gasteiger partial charge in [0, 0.05) is 20.2 Å². The molecule has 1 amide bonds. The maximum atomic E-state index is 12.1. The quantitative estimate of drug-likeness (QED) is 0.792. The summed E-state index contributed by atoms with van der Waals surface area (Å²) in [5.74, 6) is 0.422. The lowest BCUT2D eigenvalue weighted by Gasteiger charge is -2.40. The molecular weight excluding hydrogens is 256 g/mol. The molecule has 0 spiro atoms. The summed E-state index contributed by atoms with van der Waals surface area (Å²) in [5.41, 5.74) is 0.151. The highest BCUT2D eigenvalue weighted by molar-refractivity contribution is 5.92. The molecule has 0 unspecified atom stereocenters. The van der Waals surface area contributed by atoms with Crippen molar-refractivity contribution in [2.75, 3.05) is 25.5 Å². The van der Waals surface area contributed by atoms with Crippen LogP contribution in [0.4, 0.5) is 5.82 Å². The van der Waals surface area contributed by atoms with Crippen molar-refractivity contribution in [2.24, 2.45) is 0 Å². The van der Waals surface area contributed by atoms with E-state index >= 15 is 0 Å². The third kappa shape index (κ3) is 3.45. The van der Waals surface area contributed by atoms with Crippen molar-refractivity contribution in [1.82, 2.24) is 15.3 Å². The smallest absolute Gasteiger partial charge is 0.271 e. The number of aromatic nitrogens is 2. The normalized spacial score (nSPS) is 16.3. The molecule has 20 heavy (non-hydrogen) atoms. The molecule has 0 bridgehead atoms. The molecule has 1 aliphatic carbocycles. The van der Waals surface area contributed by atoms with Crippen LogP contribution in [-0.2, 0) is 4.74 Å². The SMILES string of the molecule is CCCNc1cncc(C(=O)NCC2(OC)CCC2)n1. The number of anilines is 1. The number of rotatable bonds is 7. The zero-order valence-electron chi connectivity index (χ0n) is 12.1. The van der Waals surface area contributed by atoms with Crippen molar-refractivity contribution >= 4 is 11.7 Å². The molecule has 2 rings (SSSR count). The number of methoxy groups -OCH3 is 1. The Labute approximate surface area is 119 Å². The first-order valence-electron chi connectivity index (χ1n) is 7.08. The Morgan fingerprint density at radius 2 is 2.25 bits per heavy atom. The summed E-state index contributed by atoms with van der Waals surface area (Å²) in [5, 5.41) is 6.00. The number of nitrogens with one attached hydrogen (secondary N) is 2. The highest BCUT2D eigenvalue weighted by Gasteiger charge is 2.37. The molecule has 6 heteroatoms. The Bertz CT molecular complexity index is 455. The predicted octanol–water partition coefficient (Wildman–Crippen LogP) is 1.60. The van der Waals surface area contributed by atoms with E-state index in [0.717, 1.165) is 32.2 Å². The summed E-state index contributed by atoms with van der Waals surface area (Å²) in [6.07, 6.45) is 7.23. The molecule has 1 fully saturated rings. The first-order valence-corrected chi connectivity index (χ1v) is 7.08. The van der Waals surface area contributed by atoms with Crippen LogP contribution in [0.3, 0.4) is 0 Å². The zero-order valence-corrected chi connectivity index (χ0v) is 12.1. The van der Waals surface area contributed by atoms with E-state index in [9.17, 15) is 4.79 Å². The number of carbonyl (C=O) groups is 1. The van der Waals surface area contributed by atoms with Gasteiger partial charge in [-0.1, -0.05) is 6.92 Å². The average molecular weight is 278 g/mol. The summed E-state index contributed by atoms with van der Waals surface area (Å²) in [6.45, 7) is 3.41. The second kappa shape index (κ2) is 6.65. The molecule has 6 nitrogen and oxygen atoms in total. The topological polar surface area (TPSA) is 76.1 Å². The van der Waals surface area contributed by atoms with Crippen LogP contribution in [0.15, 0.2) is 12.4 Å². The van der Waals surface area contributed by atoms with Gasteiger partial charge in [-0.2, -0.15) is 0 Å². The maximum Gasteiger partial charge on any atom is 0.271 e. The molecule has 0 saturated heterocycles. The van der Waals surface area contributed by atoms with E-state index in [1.54, 1.807) is 13.3 Å². The van der Waals surface area contributed by atoms with E-state index in [0.29, 0.717) is 18.1 Å². The van der Waals surface area contributed by atoms with Crippen LogP contribution in [0.2, 0.25) is 0 Å². The number of hydrogen-bond donors (Lipinski definition) is 2. The van der Waals surface area contributed by atoms with Crippen molar-refractivity contribution in [3.8, 4) is 0 Å². The predicted molar refractivity (Wildman–Crippen MR) is 76.7 cm³/mol. The van der Waals surface area contributed by atoms with Crippen molar-refractivity contribution < 1.29 is 9.53 Å². The summed E-state index contributed by atoms with van der Waals surface area (Å²) in [4.78, 5) is 20.4. The van der Waals surface area contributed by atoms with Gasteiger partial charge < -0.3 is 15.4 Å². The minimum absolute atomic E-state index is 0.179. The van der Waals surface area contributed by atoms with E-state index in [2.05, 4.69) is 27.5 Å². The van der Waals surface area contributed by atoms with E-state index in [1.165, 1.54) is 6.20 Å². The second-order valence-electron chi connectivity index (χ2n) is 5.14. The first-order chi connectivity index (χ1) is 9.69. The lowest BCUT2D eigenvalue weighted by molar-refractivity contribution is -0.0679. The fraction of sp³-hybridized carbons (Fsp3) is 0.643. The van der Waals surface area contributed by atoms with E-state index in [4.69, 9.17) is 4.74 Å². The lowest BCUT2D eigenvalue weighted by atomic mass is 9.80. The van der Waals surface area contributed by atoms with Crippen LogP contribution in [0.1, 0.15) is 43.1 Å². The van der Waals surface area contributed by atoms with Crippen LogP contribution in [0.5, 0.6) is 0 Å². The van der Waals surface area contributed by atoms with Gasteiger partial charge in [0.15, 0.2) is 0 Å². The van der Waals surface area contributed by atoms with Crippen LogP contribution < -0.4 is 10.6 Å². The third-order valence-electron chi connectivity index (χ3n) is 3.69. The molecule has 1 heterocycles. The van der Waals surface area contributed by atoms with E-state index in [-0.39, 0.29) is 11.5 Å². The fourth-order valence-electron chi connectivity index (χ4n) is 2.17. The number of hydrogen-bond acceptors (Lipinski definition) is 5. The molecule has 0 radical (unpaired) electrons. The third-order valence-corrected chi connectivity index (χ3v) is 3.69. The van der Waals surface area contributed by atoms with Crippen LogP contribution >= 0.6 is 0 Å². The Morgan fingerprint density at radius 1 is 1.45 bits per heavy atom. The fourth-order valence-corrected chi connectivity index (χ4v) is 2.17. The van der Waals surface area contributed by atoms with E-state index in [1.807, 2.05) is 0 Å². The number of carbonyl (C=O) groups excluding carboxylic acids is 1. The molecule has 2 N–H and O–H groups in total. The summed E-state index contributed by atoms with van der Waals surface area (Å²) < 4.78 is 5.47. The van der Waals surface area contributed by atoms with Crippen molar-refractivity contribution in [2.45, 2.75) is 38.2 Å². The van der Waals surface area contributed by atoms with Crippen molar-refractivity contribution in [1.29, 1.82) is 0 Å². The Balaban J connectivity index is 1.91. The molecule has 1 aromatic heterocycles. The molecular formula is C14H22N4O2. The maximum absolute atomic E-state index is 12.1. The van der Waals surface area contributed by atoms with Gasteiger partial charge in [0.05, 0.1) is 18.0 Å². The van der Waals surface area contributed by atoms with Crippen LogP contribution in [-0.4, -0.2) is 41.7 Å². The van der Waals surface area contributed by atoms with Crippen molar-refractivity contribution in [3.05, 3.63) is 18.1 Å².